The molecule has 2 N–H and O–H groups in total. The summed E-state index contributed by atoms with van der Waals surface area (Å²) in [5.41, 5.74) is 10.8. The van der Waals surface area contributed by atoms with Crippen LogP contribution >= 0.6 is 0 Å². The summed E-state index contributed by atoms with van der Waals surface area (Å²) in [5.74, 6) is 15.3. The third-order valence-corrected chi connectivity index (χ3v) is 3.63. The Morgan fingerprint density at radius 3 is 1.36 bits per heavy atom. The van der Waals surface area contributed by atoms with E-state index in [0.717, 1.165) is 27.8 Å². The summed E-state index contributed by atoms with van der Waals surface area (Å²) in [5, 5.41) is 0. The highest BCUT2D eigenvalue weighted by atomic mass is 14.5. The molecule has 3 aromatic carbocycles. The van der Waals surface area contributed by atoms with E-state index in [9.17, 15) is 0 Å². The number of anilines is 1. The van der Waals surface area contributed by atoms with Crippen LogP contribution in [0.25, 0.3) is 0 Å². The average molecular weight is 317 g/mol. The number of nitrogens with two attached hydrogens (primary N) is 1. The van der Waals surface area contributed by atoms with Crippen LogP contribution in [0.3, 0.4) is 0 Å². The molecule has 25 heavy (non-hydrogen) atoms. The number of terminal acetylenes is 1. The predicted octanol–water partition coefficient (Wildman–Crippen LogP) is 4.05. The zero-order chi connectivity index (χ0) is 17.5. The van der Waals surface area contributed by atoms with E-state index in [4.69, 9.17) is 12.2 Å². The van der Waals surface area contributed by atoms with Gasteiger partial charge in [-0.05, 0) is 36.4 Å². The molecule has 0 saturated carbocycles. The highest BCUT2D eigenvalue weighted by Gasteiger charge is 1.98. The molecule has 3 rings (SSSR count). The van der Waals surface area contributed by atoms with Crippen LogP contribution in [0.1, 0.15) is 27.8 Å². The van der Waals surface area contributed by atoms with Gasteiger partial charge < -0.3 is 5.73 Å². The summed E-state index contributed by atoms with van der Waals surface area (Å²) < 4.78 is 0. The molecule has 0 radical (unpaired) electrons. The molecule has 1 nitrogen and oxygen atoms in total. The molecule has 3 aromatic rings. The van der Waals surface area contributed by atoms with Crippen molar-refractivity contribution in [2.75, 3.05) is 5.73 Å². The van der Waals surface area contributed by atoms with Gasteiger partial charge in [0.25, 0.3) is 0 Å². The number of benzene rings is 3. The lowest BCUT2D eigenvalue weighted by atomic mass is 10.1. The Hall–Kier alpha value is -3.86. The molecule has 0 amide bonds. The minimum absolute atomic E-state index is 0.668. The molecule has 1 heteroatoms. The first-order chi connectivity index (χ1) is 12.3. The van der Waals surface area contributed by atoms with Gasteiger partial charge in [0.1, 0.15) is 0 Å². The summed E-state index contributed by atoms with van der Waals surface area (Å²) in [6.07, 6.45) is 5.52. The number of rotatable bonds is 0. The minimum atomic E-state index is 0.668. The van der Waals surface area contributed by atoms with E-state index < -0.39 is 0 Å². The lowest BCUT2D eigenvalue weighted by molar-refractivity contribution is 1.56. The summed E-state index contributed by atoms with van der Waals surface area (Å²) in [6, 6.07) is 23.0. The average Bonchev–Trinajstić information content (AvgIpc) is 2.66. The third kappa shape index (κ3) is 3.92. The lowest BCUT2D eigenvalue weighted by Crippen LogP contribution is -1.89. The number of hydrogen-bond donors (Lipinski definition) is 1. The van der Waals surface area contributed by atoms with Crippen molar-refractivity contribution in [2.24, 2.45) is 0 Å². The van der Waals surface area contributed by atoms with Crippen LogP contribution in [0.5, 0.6) is 0 Å². The predicted molar refractivity (Wildman–Crippen MR) is 104 cm³/mol. The summed E-state index contributed by atoms with van der Waals surface area (Å²) >= 11 is 0. The minimum Gasteiger partial charge on any atom is -0.398 e. The molecular formula is C24H15N. The van der Waals surface area contributed by atoms with Crippen molar-refractivity contribution in [1.29, 1.82) is 0 Å². The molecule has 0 aromatic heterocycles. The van der Waals surface area contributed by atoms with Crippen LogP contribution in [0.4, 0.5) is 5.69 Å². The first-order valence-electron chi connectivity index (χ1n) is 7.81. The molecule has 0 fully saturated rings. The molecule has 0 bridgehead atoms. The molecule has 0 unspecified atom stereocenters. The van der Waals surface area contributed by atoms with Gasteiger partial charge in [-0.25, -0.2) is 0 Å². The van der Waals surface area contributed by atoms with Gasteiger partial charge in [0, 0.05) is 33.5 Å². The van der Waals surface area contributed by atoms with Gasteiger partial charge in [0.15, 0.2) is 0 Å². The summed E-state index contributed by atoms with van der Waals surface area (Å²) in [6.45, 7) is 0. The van der Waals surface area contributed by atoms with Crippen molar-refractivity contribution in [3.8, 4) is 36.0 Å². The number of hydrogen-bond acceptors (Lipinski definition) is 1. The van der Waals surface area contributed by atoms with Gasteiger partial charge in [-0.15, -0.1) is 6.42 Å². The molecule has 0 spiro atoms. The Balaban J connectivity index is 1.98. The third-order valence-electron chi connectivity index (χ3n) is 3.63. The second-order valence-electron chi connectivity index (χ2n) is 5.32. The maximum absolute atomic E-state index is 5.94. The fourth-order valence-electron chi connectivity index (χ4n) is 2.30. The fourth-order valence-corrected chi connectivity index (χ4v) is 2.30. The van der Waals surface area contributed by atoms with E-state index in [1.807, 2.05) is 72.8 Å². The monoisotopic (exact) mass is 317 g/mol. The van der Waals surface area contributed by atoms with Crippen molar-refractivity contribution in [3.05, 3.63) is 101 Å². The van der Waals surface area contributed by atoms with Gasteiger partial charge in [0.2, 0.25) is 0 Å². The largest absolute Gasteiger partial charge is 0.398 e. The zero-order valence-electron chi connectivity index (χ0n) is 13.6. The SMILES string of the molecule is C#Cc1ccccc1C#Cc1ccccc1C#Cc1ccccc1N. The molecule has 0 aliphatic carbocycles. The smallest absolute Gasteiger partial charge is 0.0478 e. The van der Waals surface area contributed by atoms with Crippen LogP contribution < -0.4 is 5.73 Å². The Morgan fingerprint density at radius 1 is 0.520 bits per heavy atom. The molecule has 0 atom stereocenters. The summed E-state index contributed by atoms with van der Waals surface area (Å²) in [7, 11) is 0. The maximum atomic E-state index is 5.94. The van der Waals surface area contributed by atoms with Gasteiger partial charge in [0.05, 0.1) is 0 Å². The maximum Gasteiger partial charge on any atom is 0.0478 e. The standard InChI is InChI=1S/C24H15N/c1-2-19-9-3-4-10-20(19)15-16-21-11-5-6-12-22(21)17-18-23-13-7-8-14-24(23)25/h1,3-14H,25H2. The number of nitrogen functional groups attached to an aromatic ring is 1. The van der Waals surface area contributed by atoms with E-state index in [0.29, 0.717) is 5.69 Å². The van der Waals surface area contributed by atoms with Crippen molar-refractivity contribution >= 4 is 5.69 Å². The van der Waals surface area contributed by atoms with E-state index >= 15 is 0 Å². The van der Waals surface area contributed by atoms with E-state index in [-0.39, 0.29) is 0 Å². The molecule has 0 aliphatic rings. The van der Waals surface area contributed by atoms with E-state index in [2.05, 4.69) is 29.6 Å². The second-order valence-corrected chi connectivity index (χ2v) is 5.32. The van der Waals surface area contributed by atoms with Crippen LogP contribution in [-0.4, -0.2) is 0 Å². The molecule has 0 aliphatic heterocycles. The van der Waals surface area contributed by atoms with Crippen LogP contribution in [0.15, 0.2) is 72.8 Å². The van der Waals surface area contributed by atoms with Crippen molar-refractivity contribution in [3.63, 3.8) is 0 Å². The van der Waals surface area contributed by atoms with Gasteiger partial charge in [-0.1, -0.05) is 66.0 Å². The Bertz CT molecular complexity index is 1080. The molecule has 116 valence electrons. The first-order valence-corrected chi connectivity index (χ1v) is 7.81. The van der Waals surface area contributed by atoms with Crippen LogP contribution in [-0.2, 0) is 0 Å². The van der Waals surface area contributed by atoms with Gasteiger partial charge in [-0.2, -0.15) is 0 Å². The fraction of sp³-hybridized carbons (Fsp3) is 0. The Morgan fingerprint density at radius 2 is 0.880 bits per heavy atom. The molecular weight excluding hydrogens is 302 g/mol. The Kier molecular flexibility index (Phi) is 4.87. The lowest BCUT2D eigenvalue weighted by Gasteiger charge is -1.98. The van der Waals surface area contributed by atoms with Gasteiger partial charge >= 0.3 is 0 Å². The molecule has 0 saturated heterocycles. The Labute approximate surface area is 148 Å². The highest BCUT2D eigenvalue weighted by Crippen LogP contribution is 2.11. The highest BCUT2D eigenvalue weighted by molar-refractivity contribution is 5.60. The van der Waals surface area contributed by atoms with Crippen molar-refractivity contribution in [1.82, 2.24) is 0 Å². The van der Waals surface area contributed by atoms with Crippen LogP contribution in [0, 0.1) is 36.0 Å². The quantitative estimate of drug-likeness (QED) is 0.491. The zero-order valence-corrected chi connectivity index (χ0v) is 13.6. The van der Waals surface area contributed by atoms with Crippen molar-refractivity contribution in [2.45, 2.75) is 0 Å². The van der Waals surface area contributed by atoms with Gasteiger partial charge in [-0.3, -0.25) is 0 Å². The first kappa shape index (κ1) is 16.0. The van der Waals surface area contributed by atoms with E-state index in [1.54, 1.807) is 0 Å². The van der Waals surface area contributed by atoms with E-state index in [1.165, 1.54) is 0 Å². The normalized spacial score (nSPS) is 9.08. The number of para-hydroxylation sites is 1. The second kappa shape index (κ2) is 7.61. The van der Waals surface area contributed by atoms with Crippen molar-refractivity contribution < 1.29 is 0 Å². The molecule has 0 heterocycles. The summed E-state index contributed by atoms with van der Waals surface area (Å²) in [4.78, 5) is 0. The van der Waals surface area contributed by atoms with Crippen LogP contribution in [0.2, 0.25) is 0 Å². The topological polar surface area (TPSA) is 26.0 Å².